The molecular weight excluding hydrogens is 558 g/mol. The van der Waals surface area contributed by atoms with E-state index in [1.165, 1.54) is 43.3 Å². The zero-order valence-electron chi connectivity index (χ0n) is 21.5. The Morgan fingerprint density at radius 3 is 2.85 bits per heavy atom. The Hall–Kier alpha value is -4.99. The minimum absolute atomic E-state index is 0.0397. The highest BCUT2D eigenvalue weighted by Crippen LogP contribution is 2.40. The Bertz CT molecular complexity index is 1620. The van der Waals surface area contributed by atoms with Crippen LogP contribution in [0.2, 0.25) is 0 Å². The van der Waals surface area contributed by atoms with E-state index in [9.17, 15) is 24.3 Å². The first-order valence-electron chi connectivity index (χ1n) is 12.2. The molecule has 5 rings (SSSR count). The van der Waals surface area contributed by atoms with Gasteiger partial charge in [-0.15, -0.1) is 11.8 Å². The van der Waals surface area contributed by atoms with Crippen molar-refractivity contribution in [3.63, 3.8) is 0 Å². The van der Waals surface area contributed by atoms with Crippen LogP contribution in [-0.4, -0.2) is 78.3 Å². The second-order valence-electron chi connectivity index (χ2n) is 9.22. The van der Waals surface area contributed by atoms with Crippen LogP contribution in [0.4, 0.5) is 5.82 Å². The van der Waals surface area contributed by atoms with Crippen LogP contribution in [0, 0.1) is 5.92 Å². The van der Waals surface area contributed by atoms with Gasteiger partial charge in [-0.2, -0.15) is 0 Å². The number of pyridine rings is 2. The maximum atomic E-state index is 13.3. The molecule has 3 aromatic heterocycles. The second kappa shape index (κ2) is 11.2. The SMILES string of the molecule is CC(CON=C(C(=O)NC1C(=O)N2C(C(=O)O)=C(C[n+]3cccc4ocnc43)CS[C@@H]12)c1cccc(N)n1)C(=O)O. The number of fused-ring (bicyclic) bond motifs is 2. The number of nitrogens with two attached hydrogens (primary N) is 1. The van der Waals surface area contributed by atoms with Crippen molar-refractivity contribution in [2.24, 2.45) is 11.1 Å². The lowest BCUT2D eigenvalue weighted by Gasteiger charge is -2.49. The normalized spacial score (nSPS) is 19.4. The van der Waals surface area contributed by atoms with Crippen molar-refractivity contribution in [1.82, 2.24) is 20.2 Å². The minimum atomic E-state index is -1.27. The molecule has 5 heterocycles. The molecule has 1 fully saturated rings. The quantitative estimate of drug-likeness (QED) is 0.107. The van der Waals surface area contributed by atoms with Crippen LogP contribution < -0.4 is 15.6 Å². The smallest absolute Gasteiger partial charge is 0.370 e. The lowest BCUT2D eigenvalue weighted by molar-refractivity contribution is -0.665. The summed E-state index contributed by atoms with van der Waals surface area (Å²) in [7, 11) is 0. The number of carbonyl (C=O) groups excluding carboxylic acids is 2. The van der Waals surface area contributed by atoms with E-state index in [1.807, 2.05) is 0 Å². The van der Waals surface area contributed by atoms with Crippen LogP contribution in [0.5, 0.6) is 0 Å². The molecule has 5 N–H and O–H groups in total. The van der Waals surface area contributed by atoms with Crippen molar-refractivity contribution in [3.8, 4) is 0 Å². The van der Waals surface area contributed by atoms with Crippen molar-refractivity contribution in [1.29, 1.82) is 0 Å². The Morgan fingerprint density at radius 1 is 1.32 bits per heavy atom. The van der Waals surface area contributed by atoms with Gasteiger partial charge in [0.25, 0.3) is 18.2 Å². The van der Waals surface area contributed by atoms with E-state index >= 15 is 0 Å². The lowest BCUT2D eigenvalue weighted by Crippen LogP contribution is -2.71. The summed E-state index contributed by atoms with van der Waals surface area (Å²) in [6, 6.07) is 6.91. The lowest BCUT2D eigenvalue weighted by atomic mass is 10.0. The standard InChI is InChI=1S/C25H23N7O8S/c1-12(24(35)36)9-40-30-17(14-4-2-6-16(26)28-14)21(33)29-18-22(34)32-19(25(37)38)13(10-41-23(18)32)8-31-7-3-5-15-20(31)27-11-39-15/h2-7,11-12,18,23H,8-10H2,1H3,(H4-,26,28,29,33,35,36,37,38)/p+1/t12?,18?,23-/m0/s1. The highest BCUT2D eigenvalue weighted by Gasteiger charge is 2.54. The molecule has 0 aromatic carbocycles. The number of anilines is 1. The molecule has 15 nitrogen and oxygen atoms in total. The van der Waals surface area contributed by atoms with Crippen LogP contribution in [0.25, 0.3) is 11.2 Å². The number of oxime groups is 1. The highest BCUT2D eigenvalue weighted by molar-refractivity contribution is 8.00. The largest absolute Gasteiger partial charge is 0.481 e. The summed E-state index contributed by atoms with van der Waals surface area (Å²) in [6.07, 6.45) is 3.03. The monoisotopic (exact) mass is 582 g/mol. The van der Waals surface area contributed by atoms with Gasteiger partial charge in [0.1, 0.15) is 41.8 Å². The summed E-state index contributed by atoms with van der Waals surface area (Å²) in [5.41, 5.74) is 6.85. The number of amides is 2. The van der Waals surface area contributed by atoms with E-state index in [-0.39, 0.29) is 41.8 Å². The predicted octanol–water partition coefficient (Wildman–Crippen LogP) is -0.0273. The van der Waals surface area contributed by atoms with E-state index in [2.05, 4.69) is 20.4 Å². The third-order valence-corrected chi connectivity index (χ3v) is 7.73. The van der Waals surface area contributed by atoms with Gasteiger partial charge in [-0.3, -0.25) is 19.3 Å². The van der Waals surface area contributed by atoms with Gasteiger partial charge in [-0.1, -0.05) is 11.2 Å². The van der Waals surface area contributed by atoms with Gasteiger partial charge in [0.2, 0.25) is 5.58 Å². The number of hydrogen-bond acceptors (Lipinski definition) is 11. The number of nitrogens with zero attached hydrogens (tertiary/aromatic N) is 5. The number of hydrogen-bond donors (Lipinski definition) is 4. The molecule has 3 aromatic rings. The molecule has 0 bridgehead atoms. The Labute approximate surface area is 235 Å². The topological polar surface area (TPSA) is 214 Å². The number of oxazole rings is 1. The first-order chi connectivity index (χ1) is 19.7. The Kier molecular flexibility index (Phi) is 7.56. The number of rotatable bonds is 10. The zero-order valence-corrected chi connectivity index (χ0v) is 22.3. The van der Waals surface area contributed by atoms with E-state index in [4.69, 9.17) is 20.1 Å². The summed E-state index contributed by atoms with van der Waals surface area (Å²) in [4.78, 5) is 64.4. The van der Waals surface area contributed by atoms with Crippen molar-refractivity contribution >= 4 is 58.3 Å². The molecule has 2 unspecified atom stereocenters. The first-order valence-corrected chi connectivity index (χ1v) is 13.3. The van der Waals surface area contributed by atoms with Crippen LogP contribution >= 0.6 is 11.8 Å². The molecule has 2 aliphatic heterocycles. The number of β-lactam (4-membered cyclic amide) rings is 1. The molecule has 16 heteroatoms. The summed E-state index contributed by atoms with van der Waals surface area (Å²) >= 11 is 1.30. The van der Waals surface area contributed by atoms with Crippen molar-refractivity contribution < 1.29 is 43.2 Å². The number of thioether (sulfide) groups is 1. The maximum Gasteiger partial charge on any atom is 0.370 e. The van der Waals surface area contributed by atoms with Crippen LogP contribution in [0.1, 0.15) is 12.6 Å². The summed E-state index contributed by atoms with van der Waals surface area (Å²) in [5.74, 6) is -4.36. The van der Waals surface area contributed by atoms with Crippen LogP contribution in [0.3, 0.4) is 0 Å². The summed E-state index contributed by atoms with van der Waals surface area (Å²) in [5, 5.41) is 24.8. The van der Waals surface area contributed by atoms with Crippen molar-refractivity contribution in [2.45, 2.75) is 24.9 Å². The zero-order chi connectivity index (χ0) is 29.3. The average molecular weight is 583 g/mol. The average Bonchev–Trinajstić information content (AvgIpc) is 3.43. The van der Waals surface area contributed by atoms with E-state index in [0.717, 1.165) is 4.90 Å². The van der Waals surface area contributed by atoms with Gasteiger partial charge in [0.05, 0.1) is 12.1 Å². The molecule has 0 aliphatic carbocycles. The van der Waals surface area contributed by atoms with E-state index in [0.29, 0.717) is 16.8 Å². The number of aromatic nitrogens is 3. The number of aliphatic carboxylic acids is 2. The van der Waals surface area contributed by atoms with Gasteiger partial charge in [0, 0.05) is 11.3 Å². The third-order valence-electron chi connectivity index (χ3n) is 6.39. The molecule has 0 spiro atoms. The number of carboxylic acids is 2. The van der Waals surface area contributed by atoms with E-state index < -0.39 is 41.1 Å². The van der Waals surface area contributed by atoms with Crippen molar-refractivity contribution in [2.75, 3.05) is 18.1 Å². The predicted molar refractivity (Wildman–Crippen MR) is 142 cm³/mol. The van der Waals surface area contributed by atoms with Gasteiger partial charge in [-0.05, 0) is 36.2 Å². The molecule has 212 valence electrons. The summed E-state index contributed by atoms with van der Waals surface area (Å²) < 4.78 is 7.04. The summed E-state index contributed by atoms with van der Waals surface area (Å²) in [6.45, 7) is 1.25. The second-order valence-corrected chi connectivity index (χ2v) is 10.3. The highest BCUT2D eigenvalue weighted by atomic mass is 32.2. The van der Waals surface area contributed by atoms with Gasteiger partial charge < -0.3 is 30.5 Å². The minimum Gasteiger partial charge on any atom is -0.481 e. The fraction of sp³-hybridized carbons (Fsp3) is 0.280. The van der Waals surface area contributed by atoms with Gasteiger partial charge >= 0.3 is 17.6 Å². The van der Waals surface area contributed by atoms with Gasteiger partial charge in [0.15, 0.2) is 5.71 Å². The molecule has 41 heavy (non-hydrogen) atoms. The number of nitrogen functional groups attached to an aromatic ring is 1. The Morgan fingerprint density at radius 2 is 2.12 bits per heavy atom. The number of carbonyl (C=O) groups is 4. The fourth-order valence-electron chi connectivity index (χ4n) is 4.30. The number of nitrogens with one attached hydrogen (secondary N) is 1. The maximum absolute atomic E-state index is 13.3. The fourth-order valence-corrected chi connectivity index (χ4v) is 5.64. The van der Waals surface area contributed by atoms with Crippen LogP contribution in [-0.2, 0) is 30.6 Å². The van der Waals surface area contributed by atoms with Crippen molar-refractivity contribution in [3.05, 3.63) is 59.9 Å². The third kappa shape index (κ3) is 5.41. The Balaban J connectivity index is 1.36. The van der Waals surface area contributed by atoms with Gasteiger partial charge in [-0.25, -0.2) is 14.3 Å². The molecule has 1 saturated heterocycles. The first kappa shape index (κ1) is 27.6. The molecule has 0 saturated carbocycles. The van der Waals surface area contributed by atoms with Crippen LogP contribution in [0.15, 0.2) is 63.8 Å². The molecule has 2 amide bonds. The number of carboxylic acid groups (broad SMARTS) is 2. The molecule has 0 radical (unpaired) electrons. The molecular formula is C25H24N7O8S+. The van der Waals surface area contributed by atoms with E-state index in [1.54, 1.807) is 22.9 Å². The molecule has 2 aliphatic rings. The molecule has 3 atom stereocenters.